The number of nitrogen functional groups attached to an aromatic ring is 1. The number of ether oxygens (including phenoxy) is 1. The molecule has 0 fully saturated rings. The number of anilines is 1. The van der Waals surface area contributed by atoms with Crippen LogP contribution in [0.1, 0.15) is 5.89 Å². The quantitative estimate of drug-likeness (QED) is 0.585. The van der Waals surface area contributed by atoms with Crippen LogP contribution in [0.5, 0.6) is 5.75 Å². The molecule has 0 aliphatic heterocycles. The van der Waals surface area contributed by atoms with E-state index in [9.17, 15) is 0 Å². The van der Waals surface area contributed by atoms with Crippen molar-refractivity contribution in [2.24, 2.45) is 0 Å². The zero-order chi connectivity index (χ0) is 13.9. The van der Waals surface area contributed by atoms with E-state index in [0.717, 1.165) is 21.7 Å². The highest BCUT2D eigenvalue weighted by Gasteiger charge is 2.08. The number of fused-ring (bicyclic) bond motifs is 1. The van der Waals surface area contributed by atoms with Crippen LogP contribution in [0.2, 0.25) is 0 Å². The zero-order valence-electron chi connectivity index (χ0n) is 11.0. The maximum absolute atomic E-state index is 5.74. The number of thioether (sulfide) groups is 1. The molecule has 2 N–H and O–H groups in total. The van der Waals surface area contributed by atoms with Crippen molar-refractivity contribution in [2.75, 3.05) is 12.8 Å². The number of rotatable bonds is 4. The van der Waals surface area contributed by atoms with Crippen molar-refractivity contribution >= 4 is 28.5 Å². The summed E-state index contributed by atoms with van der Waals surface area (Å²) in [7, 11) is 1.64. The molecule has 2 aromatic carbocycles. The summed E-state index contributed by atoms with van der Waals surface area (Å²) in [6.45, 7) is 0. The number of nitrogens with two attached hydrogens (primary N) is 1. The molecule has 3 aromatic rings. The van der Waals surface area contributed by atoms with E-state index in [1.54, 1.807) is 18.9 Å². The molecular formula is C15H14N2O2S. The van der Waals surface area contributed by atoms with E-state index < -0.39 is 0 Å². The normalized spacial score (nSPS) is 10.8. The third kappa shape index (κ3) is 2.58. The lowest BCUT2D eigenvalue weighted by Crippen LogP contribution is -1.90. The molecule has 0 radical (unpaired) electrons. The van der Waals surface area contributed by atoms with Crippen molar-refractivity contribution in [1.82, 2.24) is 4.98 Å². The van der Waals surface area contributed by atoms with Crippen molar-refractivity contribution in [1.29, 1.82) is 0 Å². The summed E-state index contributed by atoms with van der Waals surface area (Å²) in [5.41, 5.74) is 8.12. The summed E-state index contributed by atoms with van der Waals surface area (Å²) in [5.74, 6) is 2.12. The van der Waals surface area contributed by atoms with E-state index in [1.165, 1.54) is 0 Å². The van der Waals surface area contributed by atoms with E-state index in [4.69, 9.17) is 14.9 Å². The Kier molecular flexibility index (Phi) is 3.52. The lowest BCUT2D eigenvalue weighted by Gasteiger charge is -2.07. The Morgan fingerprint density at radius 1 is 1.25 bits per heavy atom. The summed E-state index contributed by atoms with van der Waals surface area (Å²) in [4.78, 5) is 5.47. The van der Waals surface area contributed by atoms with Gasteiger partial charge in [-0.05, 0) is 24.3 Å². The highest BCUT2D eigenvalue weighted by Crippen LogP contribution is 2.33. The number of oxazole rings is 1. The fraction of sp³-hybridized carbons (Fsp3) is 0.133. The van der Waals surface area contributed by atoms with Crippen LogP contribution >= 0.6 is 11.8 Å². The summed E-state index contributed by atoms with van der Waals surface area (Å²) in [6.07, 6.45) is 0. The van der Waals surface area contributed by atoms with Gasteiger partial charge in [0.2, 0.25) is 5.89 Å². The van der Waals surface area contributed by atoms with Crippen LogP contribution in [0.3, 0.4) is 0 Å². The monoisotopic (exact) mass is 286 g/mol. The van der Waals surface area contributed by atoms with Gasteiger partial charge in [0.1, 0.15) is 11.3 Å². The summed E-state index contributed by atoms with van der Waals surface area (Å²) < 4.78 is 11.0. The minimum absolute atomic E-state index is 0.648. The maximum atomic E-state index is 5.74. The summed E-state index contributed by atoms with van der Waals surface area (Å²) in [5, 5.41) is 0. The van der Waals surface area contributed by atoms with E-state index in [0.29, 0.717) is 17.3 Å². The molecule has 1 heterocycles. The van der Waals surface area contributed by atoms with Crippen molar-refractivity contribution in [3.8, 4) is 5.75 Å². The Morgan fingerprint density at radius 3 is 2.90 bits per heavy atom. The number of aromatic nitrogens is 1. The highest BCUT2D eigenvalue weighted by molar-refractivity contribution is 7.98. The third-order valence-electron chi connectivity index (χ3n) is 2.88. The summed E-state index contributed by atoms with van der Waals surface area (Å²) >= 11 is 1.61. The molecule has 3 rings (SSSR count). The molecule has 0 unspecified atom stereocenters. The molecule has 20 heavy (non-hydrogen) atoms. The predicted octanol–water partition coefficient (Wildman–Crippen LogP) is 3.71. The molecular weight excluding hydrogens is 272 g/mol. The van der Waals surface area contributed by atoms with Gasteiger partial charge in [0.05, 0.1) is 12.9 Å². The van der Waals surface area contributed by atoms with E-state index in [-0.39, 0.29) is 0 Å². The second-order valence-corrected chi connectivity index (χ2v) is 5.29. The van der Waals surface area contributed by atoms with Crippen molar-refractivity contribution in [3.63, 3.8) is 0 Å². The molecule has 1 aromatic heterocycles. The first kappa shape index (κ1) is 12.9. The van der Waals surface area contributed by atoms with E-state index in [1.807, 2.05) is 42.5 Å². The van der Waals surface area contributed by atoms with Gasteiger partial charge >= 0.3 is 0 Å². The number of nitrogens with zero attached hydrogens (tertiary/aromatic N) is 1. The van der Waals surface area contributed by atoms with Crippen LogP contribution in [0, 0.1) is 0 Å². The summed E-state index contributed by atoms with van der Waals surface area (Å²) in [6, 6.07) is 13.4. The molecule has 102 valence electrons. The zero-order valence-corrected chi connectivity index (χ0v) is 11.8. The lowest BCUT2D eigenvalue weighted by atomic mass is 10.3. The average Bonchev–Trinajstić information content (AvgIpc) is 2.88. The first-order valence-electron chi connectivity index (χ1n) is 6.17. The number of para-hydroxylation sites is 2. The number of methoxy groups -OCH3 is 1. The largest absolute Gasteiger partial charge is 0.496 e. The Morgan fingerprint density at radius 2 is 2.10 bits per heavy atom. The van der Waals surface area contributed by atoms with Crippen LogP contribution in [-0.4, -0.2) is 12.1 Å². The molecule has 0 saturated heterocycles. The van der Waals surface area contributed by atoms with Crippen molar-refractivity contribution in [2.45, 2.75) is 10.6 Å². The standard InChI is InChI=1S/C15H14N2O2S/c1-18-13-8-10(16)6-7-14(13)20-9-15-17-11-4-2-3-5-12(11)19-15/h2-8H,9,16H2,1H3. The predicted molar refractivity (Wildman–Crippen MR) is 81.0 cm³/mol. The maximum Gasteiger partial charge on any atom is 0.205 e. The van der Waals surface area contributed by atoms with Crippen LogP contribution in [0.25, 0.3) is 11.1 Å². The molecule has 0 bridgehead atoms. The average molecular weight is 286 g/mol. The van der Waals surface area contributed by atoms with Crippen molar-refractivity contribution < 1.29 is 9.15 Å². The second kappa shape index (κ2) is 5.46. The number of benzene rings is 2. The van der Waals surface area contributed by atoms with Gasteiger partial charge in [0.15, 0.2) is 5.58 Å². The Hall–Kier alpha value is -2.14. The Bertz CT molecular complexity index is 707. The second-order valence-electron chi connectivity index (χ2n) is 4.27. The SMILES string of the molecule is COc1cc(N)ccc1SCc1nc2ccccc2o1. The topological polar surface area (TPSA) is 61.3 Å². The van der Waals surface area contributed by atoms with Gasteiger partial charge in [-0.25, -0.2) is 4.98 Å². The number of hydrogen-bond acceptors (Lipinski definition) is 5. The van der Waals surface area contributed by atoms with Crippen LogP contribution in [0.15, 0.2) is 51.8 Å². The van der Waals surface area contributed by atoms with Gasteiger partial charge in [0.25, 0.3) is 0 Å². The molecule has 0 saturated carbocycles. The Labute approximate surface area is 120 Å². The molecule has 5 heteroatoms. The molecule has 0 aliphatic rings. The fourth-order valence-electron chi connectivity index (χ4n) is 1.92. The molecule has 0 spiro atoms. The van der Waals surface area contributed by atoms with Gasteiger partial charge in [-0.15, -0.1) is 11.8 Å². The molecule has 4 nitrogen and oxygen atoms in total. The van der Waals surface area contributed by atoms with E-state index >= 15 is 0 Å². The smallest absolute Gasteiger partial charge is 0.205 e. The van der Waals surface area contributed by atoms with Gasteiger partial charge < -0.3 is 14.9 Å². The van der Waals surface area contributed by atoms with Gasteiger partial charge in [0, 0.05) is 16.6 Å². The third-order valence-corrected chi connectivity index (χ3v) is 3.92. The van der Waals surface area contributed by atoms with Crippen LogP contribution < -0.4 is 10.5 Å². The van der Waals surface area contributed by atoms with E-state index in [2.05, 4.69) is 4.98 Å². The number of hydrogen-bond donors (Lipinski definition) is 1. The van der Waals surface area contributed by atoms with Gasteiger partial charge in [-0.1, -0.05) is 12.1 Å². The minimum atomic E-state index is 0.648. The Balaban J connectivity index is 1.79. The van der Waals surface area contributed by atoms with Gasteiger partial charge in [-0.2, -0.15) is 0 Å². The van der Waals surface area contributed by atoms with Crippen LogP contribution in [0.4, 0.5) is 5.69 Å². The van der Waals surface area contributed by atoms with Crippen LogP contribution in [-0.2, 0) is 5.75 Å². The highest BCUT2D eigenvalue weighted by atomic mass is 32.2. The molecule has 0 amide bonds. The first-order valence-corrected chi connectivity index (χ1v) is 7.15. The van der Waals surface area contributed by atoms with Gasteiger partial charge in [-0.3, -0.25) is 0 Å². The lowest BCUT2D eigenvalue weighted by molar-refractivity contribution is 0.405. The molecule has 0 atom stereocenters. The minimum Gasteiger partial charge on any atom is -0.496 e. The first-order chi connectivity index (χ1) is 9.76. The fourth-order valence-corrected chi connectivity index (χ4v) is 2.78. The molecule has 0 aliphatic carbocycles. The van der Waals surface area contributed by atoms with Crippen molar-refractivity contribution in [3.05, 3.63) is 48.4 Å².